The second kappa shape index (κ2) is 12.4. The second-order valence-corrected chi connectivity index (χ2v) is 9.45. The van der Waals surface area contributed by atoms with Crippen molar-refractivity contribution in [2.45, 2.75) is 25.7 Å². The van der Waals surface area contributed by atoms with Crippen LogP contribution in [0.1, 0.15) is 31.2 Å². The molecule has 3 rings (SSSR count). The van der Waals surface area contributed by atoms with E-state index in [4.69, 9.17) is 21.7 Å². The van der Waals surface area contributed by atoms with Gasteiger partial charge in [0.1, 0.15) is 4.32 Å². The number of ether oxygens (including phenoxy) is 2. The van der Waals surface area contributed by atoms with E-state index in [1.165, 1.54) is 55.1 Å². The number of amides is 2. The van der Waals surface area contributed by atoms with Crippen LogP contribution in [0, 0.1) is 10.1 Å². The zero-order valence-corrected chi connectivity index (χ0v) is 21.3. The van der Waals surface area contributed by atoms with E-state index in [0.717, 1.165) is 6.42 Å². The summed E-state index contributed by atoms with van der Waals surface area (Å²) in [6.07, 6.45) is 3.98. The Balaban J connectivity index is 1.47. The van der Waals surface area contributed by atoms with Crippen LogP contribution in [0.25, 0.3) is 6.08 Å². The Hall–Kier alpha value is -3.64. The van der Waals surface area contributed by atoms with Crippen LogP contribution in [0.4, 0.5) is 11.4 Å². The van der Waals surface area contributed by atoms with Gasteiger partial charge in [-0.25, -0.2) is 0 Å². The monoisotopic (exact) mass is 531 g/mol. The van der Waals surface area contributed by atoms with E-state index in [1.807, 2.05) is 0 Å². The molecule has 2 amide bonds. The fraction of sp³-hybridized carbons (Fsp3) is 0.292. The zero-order chi connectivity index (χ0) is 26.2. The van der Waals surface area contributed by atoms with E-state index in [-0.39, 0.29) is 34.8 Å². The highest BCUT2D eigenvalue weighted by atomic mass is 32.2. The first kappa shape index (κ1) is 27.0. The molecule has 10 nitrogen and oxygen atoms in total. The summed E-state index contributed by atoms with van der Waals surface area (Å²) in [7, 11) is 2.86. The Morgan fingerprint density at radius 2 is 1.81 bits per heavy atom. The topological polar surface area (TPSA) is 131 Å². The molecule has 0 bridgehead atoms. The minimum absolute atomic E-state index is 0.0407. The summed E-state index contributed by atoms with van der Waals surface area (Å²) in [6, 6.07) is 8.85. The number of benzene rings is 2. The molecule has 0 aliphatic carbocycles. The van der Waals surface area contributed by atoms with Crippen LogP contribution < -0.4 is 14.8 Å². The predicted octanol–water partition coefficient (Wildman–Crippen LogP) is 4.72. The Morgan fingerprint density at radius 1 is 1.17 bits per heavy atom. The van der Waals surface area contributed by atoms with Crippen molar-refractivity contribution in [3.8, 4) is 17.2 Å². The number of carbonyl (C=O) groups is 2. The molecule has 2 aromatic carbocycles. The number of nitro groups is 1. The minimum Gasteiger partial charge on any atom is -0.502 e. The number of aromatic hydroxyl groups is 1. The lowest BCUT2D eigenvalue weighted by Gasteiger charge is -2.14. The van der Waals surface area contributed by atoms with Gasteiger partial charge in [0, 0.05) is 30.8 Å². The average molecular weight is 532 g/mol. The molecule has 1 aliphatic rings. The van der Waals surface area contributed by atoms with Crippen molar-refractivity contribution in [2.24, 2.45) is 0 Å². The molecule has 190 valence electrons. The first-order valence-electron chi connectivity index (χ1n) is 11.0. The molecule has 1 fully saturated rings. The molecule has 1 aliphatic heterocycles. The van der Waals surface area contributed by atoms with Crippen LogP contribution in [0.2, 0.25) is 0 Å². The number of nitrogens with zero attached hydrogens (tertiary/aromatic N) is 2. The number of phenols is 1. The van der Waals surface area contributed by atoms with Crippen molar-refractivity contribution in [2.75, 3.05) is 26.1 Å². The third-order valence-corrected chi connectivity index (χ3v) is 6.70. The molecule has 36 heavy (non-hydrogen) atoms. The number of unbranched alkanes of at least 4 members (excludes halogenated alkanes) is 2. The lowest BCUT2D eigenvalue weighted by molar-refractivity contribution is -0.384. The van der Waals surface area contributed by atoms with Crippen LogP contribution in [0.5, 0.6) is 17.2 Å². The highest BCUT2D eigenvalue weighted by Gasteiger charge is 2.31. The summed E-state index contributed by atoms with van der Waals surface area (Å²) in [6.45, 7) is 0.439. The summed E-state index contributed by atoms with van der Waals surface area (Å²) in [5.74, 6) is -0.0439. The summed E-state index contributed by atoms with van der Waals surface area (Å²) in [4.78, 5) is 37.2. The molecule has 1 saturated heterocycles. The van der Waals surface area contributed by atoms with Gasteiger partial charge in [-0.3, -0.25) is 24.6 Å². The van der Waals surface area contributed by atoms with Crippen LogP contribution >= 0.6 is 24.0 Å². The molecule has 0 unspecified atom stereocenters. The number of nitrogens with one attached hydrogen (secondary N) is 1. The summed E-state index contributed by atoms with van der Waals surface area (Å²) in [5, 5.41) is 23.5. The van der Waals surface area contributed by atoms with E-state index in [2.05, 4.69) is 5.32 Å². The molecule has 2 N–H and O–H groups in total. The SMILES string of the molecule is COc1cc(/C=C2\SC(=S)N(CCCCCC(=O)Nc3ccc([N+](=O)[O-])cc3)C2=O)cc(OC)c1O. The summed E-state index contributed by atoms with van der Waals surface area (Å²) in [5.41, 5.74) is 1.08. The maximum absolute atomic E-state index is 12.9. The molecule has 0 aromatic heterocycles. The van der Waals surface area contributed by atoms with Gasteiger partial charge in [-0.05, 0) is 48.7 Å². The van der Waals surface area contributed by atoms with Crippen LogP contribution in [-0.4, -0.2) is 51.8 Å². The Morgan fingerprint density at radius 3 is 2.39 bits per heavy atom. The van der Waals surface area contributed by atoms with Crippen molar-refractivity contribution in [3.63, 3.8) is 0 Å². The zero-order valence-electron chi connectivity index (χ0n) is 19.7. The number of hydrogen-bond donors (Lipinski definition) is 2. The number of thioether (sulfide) groups is 1. The lowest BCUT2D eigenvalue weighted by atomic mass is 10.1. The standard InChI is InChI=1S/C24H25N3O7S2/c1-33-18-12-15(13-19(34-2)22(18)29)14-20-23(30)26(24(35)36-20)11-5-3-4-6-21(28)25-16-7-9-17(10-8-16)27(31)32/h7-10,12-14,29H,3-6,11H2,1-2H3,(H,25,28)/b20-14-. The largest absolute Gasteiger partial charge is 0.502 e. The molecular weight excluding hydrogens is 506 g/mol. The molecule has 0 atom stereocenters. The van der Waals surface area contributed by atoms with E-state index in [9.17, 15) is 24.8 Å². The van der Waals surface area contributed by atoms with Crippen molar-refractivity contribution < 1.29 is 29.1 Å². The minimum atomic E-state index is -0.499. The number of methoxy groups -OCH3 is 2. The fourth-order valence-corrected chi connectivity index (χ4v) is 4.77. The highest BCUT2D eigenvalue weighted by Crippen LogP contribution is 2.39. The third kappa shape index (κ3) is 6.73. The number of non-ortho nitro benzene ring substituents is 1. The first-order valence-corrected chi connectivity index (χ1v) is 12.2. The molecule has 2 aromatic rings. The highest BCUT2D eigenvalue weighted by molar-refractivity contribution is 8.26. The summed E-state index contributed by atoms with van der Waals surface area (Å²) >= 11 is 6.58. The summed E-state index contributed by atoms with van der Waals surface area (Å²) < 4.78 is 10.8. The third-order valence-electron chi connectivity index (χ3n) is 5.32. The van der Waals surface area contributed by atoms with Gasteiger partial charge < -0.3 is 19.9 Å². The van der Waals surface area contributed by atoms with Crippen LogP contribution in [0.15, 0.2) is 41.3 Å². The van der Waals surface area contributed by atoms with Gasteiger partial charge in [0.25, 0.3) is 11.6 Å². The van der Waals surface area contributed by atoms with Gasteiger partial charge in [-0.2, -0.15) is 0 Å². The van der Waals surface area contributed by atoms with Crippen molar-refractivity contribution >= 4 is 57.6 Å². The Kier molecular flexibility index (Phi) is 9.25. The van der Waals surface area contributed by atoms with Crippen molar-refractivity contribution in [1.29, 1.82) is 0 Å². The van der Waals surface area contributed by atoms with Gasteiger partial charge in [-0.15, -0.1) is 0 Å². The van der Waals surface area contributed by atoms with E-state index in [0.29, 0.717) is 46.3 Å². The molecular formula is C24H25N3O7S2. The quantitative estimate of drug-likeness (QED) is 0.139. The van der Waals surface area contributed by atoms with Gasteiger partial charge in [0.2, 0.25) is 11.7 Å². The predicted molar refractivity (Wildman–Crippen MR) is 141 cm³/mol. The average Bonchev–Trinajstić information content (AvgIpc) is 3.12. The van der Waals surface area contributed by atoms with Crippen LogP contribution in [-0.2, 0) is 9.59 Å². The fourth-order valence-electron chi connectivity index (χ4n) is 3.46. The molecule has 0 spiro atoms. The molecule has 0 saturated carbocycles. The number of anilines is 1. The van der Waals surface area contributed by atoms with Gasteiger partial charge in [0.05, 0.1) is 24.0 Å². The van der Waals surface area contributed by atoms with E-state index in [1.54, 1.807) is 18.2 Å². The number of phenolic OH excluding ortho intramolecular Hbond substituents is 1. The first-order chi connectivity index (χ1) is 17.2. The van der Waals surface area contributed by atoms with Gasteiger partial charge >= 0.3 is 0 Å². The van der Waals surface area contributed by atoms with E-state index >= 15 is 0 Å². The number of rotatable bonds is 11. The lowest BCUT2D eigenvalue weighted by Crippen LogP contribution is -2.29. The Bertz CT molecular complexity index is 1170. The number of hydrogen-bond acceptors (Lipinski definition) is 9. The Labute approximate surface area is 217 Å². The molecule has 12 heteroatoms. The van der Waals surface area contributed by atoms with E-state index < -0.39 is 4.92 Å². The maximum Gasteiger partial charge on any atom is 0.269 e. The normalized spacial score (nSPS) is 14.3. The van der Waals surface area contributed by atoms with Crippen molar-refractivity contribution in [1.82, 2.24) is 4.90 Å². The smallest absolute Gasteiger partial charge is 0.269 e. The second-order valence-electron chi connectivity index (χ2n) is 7.77. The maximum atomic E-state index is 12.9. The molecule has 0 radical (unpaired) electrons. The van der Waals surface area contributed by atoms with Crippen molar-refractivity contribution in [3.05, 3.63) is 57.0 Å². The van der Waals surface area contributed by atoms with Crippen LogP contribution in [0.3, 0.4) is 0 Å². The van der Waals surface area contributed by atoms with Gasteiger partial charge in [-0.1, -0.05) is 30.4 Å². The number of thiocarbonyl (C=S) groups is 1. The molecule has 1 heterocycles. The number of carbonyl (C=O) groups excluding carboxylic acids is 2. The van der Waals surface area contributed by atoms with Gasteiger partial charge in [0.15, 0.2) is 11.5 Å². The number of nitro benzene ring substituents is 1.